The van der Waals surface area contributed by atoms with E-state index in [0.717, 1.165) is 0 Å². The van der Waals surface area contributed by atoms with E-state index in [1.165, 1.54) is 12.1 Å². The average molecular weight is 434 g/mol. The molecule has 6 heteroatoms. The molecule has 0 fully saturated rings. The molecule has 0 atom stereocenters. The normalized spacial score (nSPS) is 11.7. The Morgan fingerprint density at radius 1 is 1.19 bits per heavy atom. The molecule has 0 aliphatic rings. The predicted molar refractivity (Wildman–Crippen MR) is 126 cm³/mol. The largest absolute Gasteiger partial charge is 0.507 e. The molecule has 0 amide bonds. The lowest BCUT2D eigenvalue weighted by Crippen LogP contribution is -2.25. The molecule has 0 saturated heterocycles. The molecule has 0 aliphatic heterocycles. The topological polar surface area (TPSA) is 78.1 Å². The van der Waals surface area contributed by atoms with Crippen molar-refractivity contribution in [3.63, 3.8) is 0 Å². The van der Waals surface area contributed by atoms with Crippen molar-refractivity contribution in [1.29, 1.82) is 0 Å². The molecule has 0 radical (unpaired) electrons. The minimum atomic E-state index is -0.924. The van der Waals surface area contributed by atoms with Crippen molar-refractivity contribution in [3.05, 3.63) is 59.8 Å². The van der Waals surface area contributed by atoms with E-state index in [1.54, 1.807) is 38.1 Å². The Kier molecular flexibility index (Phi) is 5.96. The van der Waals surface area contributed by atoms with Crippen LogP contribution in [0.4, 0.5) is 0 Å². The third kappa shape index (κ3) is 4.42. The summed E-state index contributed by atoms with van der Waals surface area (Å²) in [6, 6.07) is 6.04. The molecule has 1 aromatic heterocycles. The van der Waals surface area contributed by atoms with Gasteiger partial charge in [0.15, 0.2) is 16.9 Å². The van der Waals surface area contributed by atoms with Gasteiger partial charge in [0.05, 0.1) is 5.39 Å². The van der Waals surface area contributed by atoms with Gasteiger partial charge in [-0.1, -0.05) is 25.2 Å². The minimum Gasteiger partial charge on any atom is -0.507 e. The number of aromatic hydroxyl groups is 1. The Balaban J connectivity index is 2.31. The highest BCUT2D eigenvalue weighted by Gasteiger charge is 2.24. The SMILES string of the molecule is C#CC(C)(C)Oc1cc(O)c2c(=O)c3ccc(OC(C)(C)C=C)c(OCC=C)c3oc2c1. The van der Waals surface area contributed by atoms with Gasteiger partial charge >= 0.3 is 0 Å². The van der Waals surface area contributed by atoms with Crippen molar-refractivity contribution >= 4 is 21.9 Å². The third-order valence-corrected chi connectivity index (χ3v) is 4.75. The van der Waals surface area contributed by atoms with Gasteiger partial charge in [0.1, 0.15) is 34.7 Å². The van der Waals surface area contributed by atoms with Crippen LogP contribution >= 0.6 is 0 Å². The molecule has 6 nitrogen and oxygen atoms in total. The predicted octanol–water partition coefficient (Wildman–Crippen LogP) is 5.35. The summed E-state index contributed by atoms with van der Waals surface area (Å²) in [7, 11) is 0. The highest BCUT2D eigenvalue weighted by Crippen LogP contribution is 2.40. The lowest BCUT2D eigenvalue weighted by Gasteiger charge is -2.24. The van der Waals surface area contributed by atoms with Gasteiger partial charge in [-0.3, -0.25) is 4.79 Å². The number of phenols is 1. The van der Waals surface area contributed by atoms with E-state index < -0.39 is 16.6 Å². The van der Waals surface area contributed by atoms with Gasteiger partial charge in [0.2, 0.25) is 11.2 Å². The molecule has 32 heavy (non-hydrogen) atoms. The van der Waals surface area contributed by atoms with Crippen LogP contribution in [0.15, 0.2) is 58.8 Å². The van der Waals surface area contributed by atoms with Gasteiger partial charge in [-0.15, -0.1) is 6.42 Å². The molecule has 2 aromatic carbocycles. The van der Waals surface area contributed by atoms with Gasteiger partial charge in [0, 0.05) is 12.1 Å². The fraction of sp³-hybridized carbons (Fsp3) is 0.269. The summed E-state index contributed by atoms with van der Waals surface area (Å²) in [5, 5.41) is 10.8. The maximum Gasteiger partial charge on any atom is 0.205 e. The molecule has 0 bridgehead atoms. The number of benzene rings is 2. The molecule has 3 aromatic rings. The lowest BCUT2D eigenvalue weighted by molar-refractivity contribution is 0.154. The fourth-order valence-electron chi connectivity index (χ4n) is 3.02. The molecule has 3 rings (SSSR count). The highest BCUT2D eigenvalue weighted by atomic mass is 16.5. The quantitative estimate of drug-likeness (QED) is 0.293. The van der Waals surface area contributed by atoms with Crippen LogP contribution in [0.1, 0.15) is 27.7 Å². The van der Waals surface area contributed by atoms with Gasteiger partial charge in [-0.25, -0.2) is 0 Å². The van der Waals surface area contributed by atoms with Crippen molar-refractivity contribution in [3.8, 4) is 35.3 Å². The zero-order chi connectivity index (χ0) is 23.7. The molecule has 0 saturated carbocycles. The molecule has 1 heterocycles. The van der Waals surface area contributed by atoms with E-state index in [9.17, 15) is 9.90 Å². The summed E-state index contributed by atoms with van der Waals surface area (Å²) in [4.78, 5) is 13.2. The number of terminal acetylenes is 1. The summed E-state index contributed by atoms with van der Waals surface area (Å²) in [6.45, 7) is 14.7. The second kappa shape index (κ2) is 8.35. The zero-order valence-corrected chi connectivity index (χ0v) is 18.7. The van der Waals surface area contributed by atoms with Crippen molar-refractivity contribution in [2.24, 2.45) is 0 Å². The van der Waals surface area contributed by atoms with E-state index in [-0.39, 0.29) is 45.8 Å². The standard InChI is InChI=1S/C26H26O6/c1-8-13-29-24-19(32-26(6,7)10-3)12-11-17-22(28)21-18(27)14-16(31-25(4,5)9-2)15-20(21)30-23(17)24/h2,8,10-12,14-15,27H,1,3,13H2,4-7H3. The van der Waals surface area contributed by atoms with E-state index in [1.807, 2.05) is 13.8 Å². The lowest BCUT2D eigenvalue weighted by atomic mass is 10.1. The average Bonchev–Trinajstić information content (AvgIpc) is 2.72. The van der Waals surface area contributed by atoms with Crippen LogP contribution in [0.3, 0.4) is 0 Å². The smallest absolute Gasteiger partial charge is 0.205 e. The van der Waals surface area contributed by atoms with Crippen LogP contribution < -0.4 is 19.6 Å². The summed E-state index contributed by atoms with van der Waals surface area (Å²) >= 11 is 0. The molecule has 0 spiro atoms. The van der Waals surface area contributed by atoms with E-state index in [0.29, 0.717) is 5.75 Å². The molecule has 1 N–H and O–H groups in total. The maximum atomic E-state index is 13.2. The zero-order valence-electron chi connectivity index (χ0n) is 18.7. The molecule has 0 unspecified atom stereocenters. The second-order valence-corrected chi connectivity index (χ2v) is 8.28. The van der Waals surface area contributed by atoms with Crippen molar-refractivity contribution in [2.45, 2.75) is 38.9 Å². The number of fused-ring (bicyclic) bond motifs is 2. The Labute approximate surface area is 186 Å². The van der Waals surface area contributed by atoms with Crippen LogP contribution in [-0.4, -0.2) is 22.9 Å². The summed E-state index contributed by atoms with van der Waals surface area (Å²) in [6.07, 6.45) is 8.71. The Bertz CT molecular complexity index is 1300. The van der Waals surface area contributed by atoms with Gasteiger partial charge in [0.25, 0.3) is 0 Å². The molecule has 166 valence electrons. The highest BCUT2D eigenvalue weighted by molar-refractivity contribution is 5.96. The number of rotatable bonds is 8. The summed E-state index contributed by atoms with van der Waals surface area (Å²) in [5.41, 5.74) is -1.74. The molecular formula is C26H26O6. The Hall–Kier alpha value is -3.85. The van der Waals surface area contributed by atoms with Gasteiger partial charge < -0.3 is 23.7 Å². The van der Waals surface area contributed by atoms with E-state index in [2.05, 4.69) is 19.1 Å². The first-order chi connectivity index (χ1) is 15.0. The van der Waals surface area contributed by atoms with E-state index >= 15 is 0 Å². The fourth-order valence-corrected chi connectivity index (χ4v) is 3.02. The molecule has 0 aliphatic carbocycles. The van der Waals surface area contributed by atoms with Gasteiger partial charge in [-0.2, -0.15) is 0 Å². The molecular weight excluding hydrogens is 408 g/mol. The number of hydrogen-bond acceptors (Lipinski definition) is 6. The third-order valence-electron chi connectivity index (χ3n) is 4.75. The number of ether oxygens (including phenoxy) is 3. The number of hydrogen-bond donors (Lipinski definition) is 1. The Morgan fingerprint density at radius 2 is 1.91 bits per heavy atom. The first kappa shape index (κ1) is 22.8. The van der Waals surface area contributed by atoms with Gasteiger partial charge in [-0.05, 0) is 45.9 Å². The monoisotopic (exact) mass is 434 g/mol. The van der Waals surface area contributed by atoms with Crippen LogP contribution in [0, 0.1) is 12.3 Å². The Morgan fingerprint density at radius 3 is 2.53 bits per heavy atom. The second-order valence-electron chi connectivity index (χ2n) is 8.28. The van der Waals surface area contributed by atoms with Crippen LogP contribution in [0.5, 0.6) is 23.0 Å². The van der Waals surface area contributed by atoms with Crippen LogP contribution in [-0.2, 0) is 0 Å². The van der Waals surface area contributed by atoms with Crippen LogP contribution in [0.2, 0.25) is 0 Å². The van der Waals surface area contributed by atoms with Crippen molar-refractivity contribution in [1.82, 2.24) is 0 Å². The van der Waals surface area contributed by atoms with E-state index in [4.69, 9.17) is 25.1 Å². The van der Waals surface area contributed by atoms with Crippen molar-refractivity contribution < 1.29 is 23.7 Å². The minimum absolute atomic E-state index is 0.0260. The first-order valence-corrected chi connectivity index (χ1v) is 10.0. The maximum absolute atomic E-state index is 13.2. The summed E-state index contributed by atoms with van der Waals surface area (Å²) < 4.78 is 23.7. The number of phenolic OH excluding ortho intramolecular Hbond substituents is 1. The first-order valence-electron chi connectivity index (χ1n) is 10.0. The summed E-state index contributed by atoms with van der Waals surface area (Å²) in [5.74, 6) is 3.11. The van der Waals surface area contributed by atoms with Crippen LogP contribution in [0.25, 0.3) is 21.9 Å². The van der Waals surface area contributed by atoms with Crippen molar-refractivity contribution in [2.75, 3.05) is 6.61 Å².